The molecule has 0 unspecified atom stereocenters. The lowest BCUT2D eigenvalue weighted by molar-refractivity contribution is -0.388. The predicted octanol–water partition coefficient (Wildman–Crippen LogP) is 3.92. The number of nitro benzene ring substituents is 1. The van der Waals surface area contributed by atoms with E-state index in [1.807, 2.05) is 0 Å². The zero-order valence-electron chi connectivity index (χ0n) is 12.7. The third-order valence-electron chi connectivity index (χ3n) is 3.62. The number of nitro groups is 1. The number of carboxylic acids is 1. The van der Waals surface area contributed by atoms with Crippen LogP contribution in [0.1, 0.15) is 23.1 Å². The van der Waals surface area contributed by atoms with Crippen LogP contribution in [0.25, 0.3) is 0 Å². The molecule has 0 saturated carbocycles. The van der Waals surface area contributed by atoms with Gasteiger partial charge in [0.05, 0.1) is 21.7 Å². The van der Waals surface area contributed by atoms with Gasteiger partial charge in [0.15, 0.2) is 0 Å². The Morgan fingerprint density at radius 1 is 1.38 bits per heavy atom. The summed E-state index contributed by atoms with van der Waals surface area (Å²) in [4.78, 5) is 22.5. The highest BCUT2D eigenvalue weighted by molar-refractivity contribution is 5.88. The molecule has 0 fully saturated rings. The van der Waals surface area contributed by atoms with E-state index >= 15 is 0 Å². The second-order valence-electron chi connectivity index (χ2n) is 5.27. The lowest BCUT2D eigenvalue weighted by atomic mass is 9.99. The lowest BCUT2D eigenvalue weighted by Crippen LogP contribution is -2.19. The van der Waals surface area contributed by atoms with Crippen molar-refractivity contribution in [2.45, 2.75) is 26.4 Å². The molecule has 1 N–H and O–H groups in total. The number of hydrogen-bond donors (Lipinski definition) is 1. The number of nitrogens with zero attached hydrogens (tertiary/aromatic N) is 2. The average molecular weight is 342 g/mol. The van der Waals surface area contributed by atoms with Gasteiger partial charge in [-0.2, -0.15) is 13.2 Å². The molecular weight excluding hydrogens is 329 g/mol. The van der Waals surface area contributed by atoms with Crippen LogP contribution in [0.5, 0.6) is 0 Å². The van der Waals surface area contributed by atoms with Gasteiger partial charge < -0.3 is 10.0 Å². The number of allylic oxidation sites excluding steroid dienone is 1. The third-order valence-corrected chi connectivity index (χ3v) is 3.62. The number of alkyl halides is 3. The predicted molar refractivity (Wildman–Crippen MR) is 79.5 cm³/mol. The molecule has 128 valence electrons. The number of carbonyl (C=O) groups is 1. The van der Waals surface area contributed by atoms with E-state index in [0.717, 1.165) is 0 Å². The van der Waals surface area contributed by atoms with Crippen LogP contribution in [0, 0.1) is 24.0 Å². The van der Waals surface area contributed by atoms with Crippen LogP contribution in [-0.4, -0.2) is 16.0 Å². The van der Waals surface area contributed by atoms with E-state index < -0.39 is 28.3 Å². The van der Waals surface area contributed by atoms with Crippen LogP contribution in [0.2, 0.25) is 0 Å². The summed E-state index contributed by atoms with van der Waals surface area (Å²) in [6, 6.07) is 0.706. The first-order valence-corrected chi connectivity index (χ1v) is 6.78. The molecule has 0 bridgehead atoms. The number of halogens is 3. The standard InChI is InChI=1S/C15H13F3N2O4/c1-8-6-11(15(16,17)18)13(20(23)24)9(2)12(8)19-5-3-4-10(7-19)14(21)22/h3,5-7H,4H2,1-2H3,(H,21,22). The van der Waals surface area contributed by atoms with Gasteiger partial charge in [-0.15, -0.1) is 0 Å². The van der Waals surface area contributed by atoms with Gasteiger partial charge in [-0.3, -0.25) is 10.1 Å². The highest BCUT2D eigenvalue weighted by atomic mass is 19.4. The summed E-state index contributed by atoms with van der Waals surface area (Å²) in [5, 5.41) is 20.2. The lowest BCUT2D eigenvalue weighted by Gasteiger charge is -2.25. The molecule has 0 spiro atoms. The Labute approximate surface area is 134 Å². The van der Waals surface area contributed by atoms with E-state index in [0.29, 0.717) is 6.07 Å². The molecule has 0 aliphatic carbocycles. The maximum Gasteiger partial charge on any atom is 0.423 e. The van der Waals surface area contributed by atoms with Crippen molar-refractivity contribution in [3.8, 4) is 0 Å². The Hall–Kier alpha value is -2.84. The average Bonchev–Trinajstić information content (AvgIpc) is 2.45. The van der Waals surface area contributed by atoms with Crippen LogP contribution < -0.4 is 4.90 Å². The fourth-order valence-corrected chi connectivity index (χ4v) is 2.65. The minimum absolute atomic E-state index is 0.0267. The second kappa shape index (κ2) is 5.99. The van der Waals surface area contributed by atoms with Gasteiger partial charge in [0, 0.05) is 18.8 Å². The summed E-state index contributed by atoms with van der Waals surface area (Å²) in [7, 11) is 0. The number of hydrogen-bond acceptors (Lipinski definition) is 4. The molecule has 0 atom stereocenters. The van der Waals surface area contributed by atoms with Crippen LogP contribution in [0.15, 0.2) is 30.1 Å². The highest BCUT2D eigenvalue weighted by Crippen LogP contribution is 2.43. The maximum atomic E-state index is 13.1. The van der Waals surface area contributed by atoms with E-state index in [1.165, 1.54) is 37.2 Å². The molecule has 0 saturated heterocycles. The number of aliphatic carboxylic acids is 1. The molecule has 1 aliphatic heterocycles. The van der Waals surface area contributed by atoms with Gasteiger partial charge >= 0.3 is 12.1 Å². The Kier molecular flexibility index (Phi) is 4.37. The Bertz CT molecular complexity index is 782. The van der Waals surface area contributed by atoms with Gasteiger partial charge in [0.1, 0.15) is 5.56 Å². The third kappa shape index (κ3) is 3.10. The maximum absolute atomic E-state index is 13.1. The molecule has 1 aromatic rings. The molecule has 0 aromatic heterocycles. The summed E-state index contributed by atoms with van der Waals surface area (Å²) in [5.41, 5.74) is -2.21. The summed E-state index contributed by atoms with van der Waals surface area (Å²) < 4.78 is 39.3. The molecule has 0 amide bonds. The number of aryl methyl sites for hydroxylation is 1. The fourth-order valence-electron chi connectivity index (χ4n) is 2.65. The molecule has 24 heavy (non-hydrogen) atoms. The van der Waals surface area contributed by atoms with Crippen molar-refractivity contribution in [2.75, 3.05) is 4.90 Å². The first kappa shape index (κ1) is 17.5. The van der Waals surface area contributed by atoms with Gasteiger partial charge in [-0.05, 0) is 25.5 Å². The van der Waals surface area contributed by atoms with Crippen LogP contribution in [-0.2, 0) is 11.0 Å². The summed E-state index contributed by atoms with van der Waals surface area (Å²) in [6.07, 6.45) is -0.470. The molecule has 9 heteroatoms. The Balaban J connectivity index is 2.71. The van der Waals surface area contributed by atoms with Crippen molar-refractivity contribution in [1.29, 1.82) is 0 Å². The van der Waals surface area contributed by atoms with Gasteiger partial charge in [-0.1, -0.05) is 6.08 Å². The summed E-state index contributed by atoms with van der Waals surface area (Å²) >= 11 is 0. The number of benzene rings is 1. The topological polar surface area (TPSA) is 83.7 Å². The molecule has 2 rings (SSSR count). The van der Waals surface area contributed by atoms with Crippen molar-refractivity contribution >= 4 is 17.3 Å². The SMILES string of the molecule is Cc1cc(C(F)(F)F)c([N+](=O)[O-])c(C)c1N1C=CCC(C(=O)O)=C1. The van der Waals surface area contributed by atoms with Gasteiger partial charge in [-0.25, -0.2) is 4.79 Å². The first-order chi connectivity index (χ1) is 11.0. The Morgan fingerprint density at radius 3 is 2.50 bits per heavy atom. The van der Waals surface area contributed by atoms with Crippen molar-refractivity contribution in [2.24, 2.45) is 0 Å². The van der Waals surface area contributed by atoms with Crippen LogP contribution in [0.3, 0.4) is 0 Å². The van der Waals surface area contributed by atoms with E-state index in [4.69, 9.17) is 5.11 Å². The van der Waals surface area contributed by atoms with Crippen LogP contribution >= 0.6 is 0 Å². The number of anilines is 1. The Morgan fingerprint density at radius 2 is 2.00 bits per heavy atom. The quantitative estimate of drug-likeness (QED) is 0.665. The summed E-state index contributed by atoms with van der Waals surface area (Å²) in [5.74, 6) is -1.17. The zero-order chi connectivity index (χ0) is 18.2. The van der Waals surface area contributed by atoms with Crippen LogP contribution in [0.4, 0.5) is 24.5 Å². The van der Waals surface area contributed by atoms with Crippen molar-refractivity contribution in [3.63, 3.8) is 0 Å². The van der Waals surface area contributed by atoms with E-state index in [9.17, 15) is 28.1 Å². The van der Waals surface area contributed by atoms with Crippen molar-refractivity contribution in [3.05, 3.63) is 56.9 Å². The number of carboxylic acid groups (broad SMARTS) is 1. The number of rotatable bonds is 3. The van der Waals surface area contributed by atoms with E-state index in [1.54, 1.807) is 0 Å². The fraction of sp³-hybridized carbons (Fsp3) is 0.267. The minimum atomic E-state index is -4.86. The van der Waals surface area contributed by atoms with Crippen molar-refractivity contribution < 1.29 is 28.0 Å². The van der Waals surface area contributed by atoms with E-state index in [2.05, 4.69) is 0 Å². The minimum Gasteiger partial charge on any atom is -0.478 e. The zero-order valence-corrected chi connectivity index (χ0v) is 12.7. The van der Waals surface area contributed by atoms with Gasteiger partial charge in [0.25, 0.3) is 5.69 Å². The monoisotopic (exact) mass is 342 g/mol. The normalized spacial score (nSPS) is 14.5. The van der Waals surface area contributed by atoms with E-state index in [-0.39, 0.29) is 28.8 Å². The second-order valence-corrected chi connectivity index (χ2v) is 5.27. The molecule has 1 aliphatic rings. The van der Waals surface area contributed by atoms with Gasteiger partial charge in [0.2, 0.25) is 0 Å². The molecular formula is C15H13F3N2O4. The first-order valence-electron chi connectivity index (χ1n) is 6.78. The highest BCUT2D eigenvalue weighted by Gasteiger charge is 2.41. The molecule has 1 heterocycles. The smallest absolute Gasteiger partial charge is 0.423 e. The largest absolute Gasteiger partial charge is 0.478 e. The molecule has 6 nitrogen and oxygen atoms in total. The van der Waals surface area contributed by atoms with Crippen molar-refractivity contribution in [1.82, 2.24) is 0 Å². The summed E-state index contributed by atoms with van der Waals surface area (Å²) in [6.45, 7) is 2.60. The molecule has 1 aromatic carbocycles. The molecule has 0 radical (unpaired) electrons.